The normalized spacial score (nSPS) is 20.1. The Balaban J connectivity index is 2.03. The smallest absolute Gasteiger partial charge is 0.256 e. The van der Waals surface area contributed by atoms with Crippen LogP contribution in [-0.2, 0) is 10.4 Å². The van der Waals surface area contributed by atoms with Crippen LogP contribution in [0.2, 0.25) is 0 Å². The second-order valence-corrected chi connectivity index (χ2v) is 4.94. The zero-order valence-electron chi connectivity index (χ0n) is 10.6. The number of amides is 1. The number of hydrogen-bond acceptors (Lipinski definition) is 3. The molecule has 0 aromatic heterocycles. The molecule has 2 rings (SSSR count). The van der Waals surface area contributed by atoms with Gasteiger partial charge in [0.05, 0.1) is 0 Å². The minimum atomic E-state index is -1.47. The Kier molecular flexibility index (Phi) is 3.99. The minimum Gasteiger partial charge on any atom is -0.376 e. The van der Waals surface area contributed by atoms with E-state index in [1.807, 2.05) is 18.2 Å². The first kappa shape index (κ1) is 13.1. The third kappa shape index (κ3) is 2.89. The van der Waals surface area contributed by atoms with E-state index in [4.69, 9.17) is 0 Å². The maximum atomic E-state index is 12.2. The number of rotatable bonds is 3. The highest BCUT2D eigenvalue weighted by Gasteiger charge is 2.33. The van der Waals surface area contributed by atoms with Crippen molar-refractivity contribution in [1.82, 2.24) is 10.6 Å². The maximum Gasteiger partial charge on any atom is 0.256 e. The second kappa shape index (κ2) is 5.50. The van der Waals surface area contributed by atoms with Crippen LogP contribution in [0, 0.1) is 0 Å². The Morgan fingerprint density at radius 2 is 1.94 bits per heavy atom. The van der Waals surface area contributed by atoms with Crippen LogP contribution in [0.25, 0.3) is 0 Å². The van der Waals surface area contributed by atoms with E-state index in [-0.39, 0.29) is 11.9 Å². The van der Waals surface area contributed by atoms with E-state index >= 15 is 0 Å². The lowest BCUT2D eigenvalue weighted by molar-refractivity contribution is -0.140. The first-order chi connectivity index (χ1) is 8.60. The molecule has 3 N–H and O–H groups in total. The monoisotopic (exact) mass is 248 g/mol. The van der Waals surface area contributed by atoms with Gasteiger partial charge in [-0.2, -0.15) is 0 Å². The average Bonchev–Trinajstić information content (AvgIpc) is 2.41. The van der Waals surface area contributed by atoms with Crippen molar-refractivity contribution >= 4 is 5.91 Å². The van der Waals surface area contributed by atoms with E-state index in [0.717, 1.165) is 25.9 Å². The third-order valence-electron chi connectivity index (χ3n) is 3.45. The predicted octanol–water partition coefficient (Wildman–Crippen LogP) is 0.762. The first-order valence-corrected chi connectivity index (χ1v) is 6.40. The zero-order chi connectivity index (χ0) is 13.0. The van der Waals surface area contributed by atoms with Gasteiger partial charge in [0.15, 0.2) is 5.60 Å². The predicted molar refractivity (Wildman–Crippen MR) is 70.0 cm³/mol. The van der Waals surface area contributed by atoms with Crippen LogP contribution in [-0.4, -0.2) is 30.1 Å². The van der Waals surface area contributed by atoms with Crippen LogP contribution in [0.15, 0.2) is 30.3 Å². The van der Waals surface area contributed by atoms with Gasteiger partial charge < -0.3 is 15.7 Å². The zero-order valence-corrected chi connectivity index (χ0v) is 10.6. The minimum absolute atomic E-state index is 0.161. The van der Waals surface area contributed by atoms with Crippen molar-refractivity contribution in [2.45, 2.75) is 31.4 Å². The molecule has 4 nitrogen and oxygen atoms in total. The Morgan fingerprint density at radius 1 is 1.33 bits per heavy atom. The molecule has 98 valence electrons. The summed E-state index contributed by atoms with van der Waals surface area (Å²) in [5.74, 6) is -0.319. The van der Waals surface area contributed by atoms with Crippen molar-refractivity contribution in [3.05, 3.63) is 35.9 Å². The van der Waals surface area contributed by atoms with Gasteiger partial charge in [0.1, 0.15) is 0 Å². The van der Waals surface area contributed by atoms with Gasteiger partial charge in [0, 0.05) is 6.04 Å². The largest absolute Gasteiger partial charge is 0.376 e. The summed E-state index contributed by atoms with van der Waals surface area (Å²) in [6.45, 7) is 3.37. The van der Waals surface area contributed by atoms with Crippen molar-refractivity contribution in [3.63, 3.8) is 0 Å². The summed E-state index contributed by atoms with van der Waals surface area (Å²) in [6.07, 6.45) is 1.83. The quantitative estimate of drug-likeness (QED) is 0.740. The third-order valence-corrected chi connectivity index (χ3v) is 3.45. The Morgan fingerprint density at radius 3 is 2.56 bits per heavy atom. The van der Waals surface area contributed by atoms with Crippen molar-refractivity contribution < 1.29 is 9.90 Å². The van der Waals surface area contributed by atoms with E-state index in [0.29, 0.717) is 5.56 Å². The molecule has 1 aliphatic rings. The highest BCUT2D eigenvalue weighted by Crippen LogP contribution is 2.21. The molecule has 1 heterocycles. The summed E-state index contributed by atoms with van der Waals surface area (Å²) in [6, 6.07) is 9.20. The summed E-state index contributed by atoms with van der Waals surface area (Å²) in [5, 5.41) is 16.5. The summed E-state index contributed by atoms with van der Waals surface area (Å²) in [4.78, 5) is 12.2. The number of nitrogens with one attached hydrogen (secondary N) is 2. The molecule has 0 radical (unpaired) electrons. The van der Waals surface area contributed by atoms with E-state index in [2.05, 4.69) is 10.6 Å². The number of carbonyl (C=O) groups excluding carboxylic acids is 1. The van der Waals surface area contributed by atoms with Gasteiger partial charge in [0.25, 0.3) is 5.91 Å². The van der Waals surface area contributed by atoms with Crippen LogP contribution < -0.4 is 10.6 Å². The molecule has 1 atom stereocenters. The van der Waals surface area contributed by atoms with Crippen LogP contribution in [0.5, 0.6) is 0 Å². The van der Waals surface area contributed by atoms with Gasteiger partial charge in [0.2, 0.25) is 0 Å². The molecule has 1 fully saturated rings. The number of hydrogen-bond donors (Lipinski definition) is 3. The topological polar surface area (TPSA) is 61.4 Å². The molecule has 1 amide bonds. The highest BCUT2D eigenvalue weighted by atomic mass is 16.3. The lowest BCUT2D eigenvalue weighted by atomic mass is 9.94. The Hall–Kier alpha value is -1.39. The van der Waals surface area contributed by atoms with Gasteiger partial charge in [-0.15, -0.1) is 0 Å². The van der Waals surface area contributed by atoms with E-state index in [1.54, 1.807) is 19.1 Å². The maximum absolute atomic E-state index is 12.2. The van der Waals surface area contributed by atoms with Gasteiger partial charge in [-0.1, -0.05) is 30.3 Å². The summed E-state index contributed by atoms with van der Waals surface area (Å²) in [5.41, 5.74) is -0.844. The SMILES string of the molecule is CC(O)(C(=O)NC1CCNCC1)c1ccccc1. The summed E-state index contributed by atoms with van der Waals surface area (Å²) in [7, 11) is 0. The van der Waals surface area contributed by atoms with Gasteiger partial charge >= 0.3 is 0 Å². The molecule has 0 aliphatic carbocycles. The van der Waals surface area contributed by atoms with Crippen LogP contribution in [0.1, 0.15) is 25.3 Å². The van der Waals surface area contributed by atoms with Crippen LogP contribution in [0.4, 0.5) is 0 Å². The molecule has 1 saturated heterocycles. The number of benzene rings is 1. The van der Waals surface area contributed by atoms with Crippen molar-refractivity contribution in [3.8, 4) is 0 Å². The Labute approximate surface area is 107 Å². The highest BCUT2D eigenvalue weighted by molar-refractivity contribution is 5.86. The van der Waals surface area contributed by atoms with Gasteiger partial charge in [-0.25, -0.2) is 0 Å². The molecular formula is C14H20N2O2. The molecule has 1 aliphatic heterocycles. The lowest BCUT2D eigenvalue weighted by Crippen LogP contribution is -2.49. The number of piperidine rings is 1. The molecule has 0 bridgehead atoms. The molecule has 1 aromatic rings. The molecule has 1 unspecified atom stereocenters. The molecular weight excluding hydrogens is 228 g/mol. The molecule has 0 saturated carbocycles. The molecule has 1 aromatic carbocycles. The van der Waals surface area contributed by atoms with Gasteiger partial charge in [-0.3, -0.25) is 4.79 Å². The summed E-state index contributed by atoms with van der Waals surface area (Å²) < 4.78 is 0. The standard InChI is InChI=1S/C14H20N2O2/c1-14(18,11-5-3-2-4-6-11)13(17)16-12-7-9-15-10-8-12/h2-6,12,15,18H,7-10H2,1H3,(H,16,17). The fraction of sp³-hybridized carbons (Fsp3) is 0.500. The Bertz CT molecular complexity index is 398. The fourth-order valence-corrected chi connectivity index (χ4v) is 2.19. The molecule has 18 heavy (non-hydrogen) atoms. The average molecular weight is 248 g/mol. The van der Waals surface area contributed by atoms with E-state index < -0.39 is 5.60 Å². The first-order valence-electron chi connectivity index (χ1n) is 6.40. The second-order valence-electron chi connectivity index (χ2n) is 4.94. The van der Waals surface area contributed by atoms with Crippen LogP contribution in [0.3, 0.4) is 0 Å². The summed E-state index contributed by atoms with van der Waals surface area (Å²) >= 11 is 0. The molecule has 0 spiro atoms. The van der Waals surface area contributed by atoms with Crippen molar-refractivity contribution in [2.75, 3.05) is 13.1 Å². The van der Waals surface area contributed by atoms with Crippen LogP contribution >= 0.6 is 0 Å². The van der Waals surface area contributed by atoms with Gasteiger partial charge in [-0.05, 0) is 38.4 Å². The van der Waals surface area contributed by atoms with Crippen molar-refractivity contribution in [2.24, 2.45) is 0 Å². The van der Waals surface area contributed by atoms with E-state index in [1.165, 1.54) is 0 Å². The van der Waals surface area contributed by atoms with E-state index in [9.17, 15) is 9.90 Å². The number of aliphatic hydroxyl groups is 1. The fourth-order valence-electron chi connectivity index (χ4n) is 2.19. The number of carbonyl (C=O) groups is 1. The van der Waals surface area contributed by atoms with Crippen molar-refractivity contribution in [1.29, 1.82) is 0 Å². The lowest BCUT2D eigenvalue weighted by Gasteiger charge is -2.29. The molecule has 4 heteroatoms.